The monoisotopic (exact) mass is 341 g/mol. The summed E-state index contributed by atoms with van der Waals surface area (Å²) in [6.45, 7) is 2.38. The second-order valence-corrected chi connectivity index (χ2v) is 7.83. The Kier molecular flexibility index (Phi) is 5.51. The molecular formula is C16H23NO5S. The summed E-state index contributed by atoms with van der Waals surface area (Å²) in [5.74, 6) is 1.35. The number of carbonyl (C=O) groups excluding carboxylic acids is 1. The van der Waals surface area contributed by atoms with Gasteiger partial charge >= 0.3 is 0 Å². The van der Waals surface area contributed by atoms with Crippen LogP contribution in [0.1, 0.15) is 18.9 Å². The first kappa shape index (κ1) is 17.6. The van der Waals surface area contributed by atoms with Crippen LogP contribution >= 0.6 is 0 Å². The van der Waals surface area contributed by atoms with Gasteiger partial charge < -0.3 is 14.4 Å². The summed E-state index contributed by atoms with van der Waals surface area (Å²) in [5.41, 5.74) is 0.812. The maximum atomic E-state index is 12.6. The van der Waals surface area contributed by atoms with E-state index in [1.165, 1.54) is 0 Å². The van der Waals surface area contributed by atoms with Crippen molar-refractivity contribution in [3.05, 3.63) is 23.8 Å². The first-order valence-corrected chi connectivity index (χ1v) is 9.43. The normalized spacial score (nSPS) is 19.3. The van der Waals surface area contributed by atoms with Gasteiger partial charge in [0, 0.05) is 12.6 Å². The summed E-state index contributed by atoms with van der Waals surface area (Å²) in [6.07, 6.45) is 0.735. The molecule has 1 aliphatic heterocycles. The topological polar surface area (TPSA) is 72.9 Å². The molecule has 0 aliphatic carbocycles. The quantitative estimate of drug-likeness (QED) is 0.779. The molecule has 1 amide bonds. The maximum absolute atomic E-state index is 12.6. The van der Waals surface area contributed by atoms with Gasteiger partial charge in [0.2, 0.25) is 5.91 Å². The number of hydrogen-bond donors (Lipinski definition) is 0. The summed E-state index contributed by atoms with van der Waals surface area (Å²) in [5, 5.41) is 0. The van der Waals surface area contributed by atoms with E-state index in [0.29, 0.717) is 24.5 Å². The molecular weight excluding hydrogens is 318 g/mol. The average molecular weight is 341 g/mol. The second kappa shape index (κ2) is 7.21. The van der Waals surface area contributed by atoms with Crippen molar-refractivity contribution < 1.29 is 22.7 Å². The van der Waals surface area contributed by atoms with Gasteiger partial charge in [0.15, 0.2) is 21.3 Å². The van der Waals surface area contributed by atoms with E-state index >= 15 is 0 Å². The van der Waals surface area contributed by atoms with Crippen LogP contribution < -0.4 is 9.47 Å². The minimum Gasteiger partial charge on any atom is -0.493 e. The SMILES string of the molecule is CCN(C(=O)Cc1ccc(OC)c(OC)c1)C1CCS(=O)(=O)C1. The summed E-state index contributed by atoms with van der Waals surface area (Å²) in [4.78, 5) is 14.2. The van der Waals surface area contributed by atoms with Gasteiger partial charge in [-0.25, -0.2) is 8.42 Å². The third-order valence-corrected chi connectivity index (χ3v) is 5.86. The van der Waals surface area contributed by atoms with Crippen molar-refractivity contribution in [3.63, 3.8) is 0 Å². The zero-order valence-corrected chi connectivity index (χ0v) is 14.6. The molecule has 6 nitrogen and oxygen atoms in total. The first-order valence-electron chi connectivity index (χ1n) is 7.61. The molecule has 2 rings (SSSR count). The molecule has 23 heavy (non-hydrogen) atoms. The zero-order chi connectivity index (χ0) is 17.0. The molecule has 1 aliphatic rings. The van der Waals surface area contributed by atoms with E-state index in [0.717, 1.165) is 5.56 Å². The number of hydrogen-bond acceptors (Lipinski definition) is 5. The lowest BCUT2D eigenvalue weighted by Gasteiger charge is -2.27. The van der Waals surface area contributed by atoms with E-state index in [1.807, 2.05) is 13.0 Å². The van der Waals surface area contributed by atoms with Crippen molar-refractivity contribution in [1.82, 2.24) is 4.90 Å². The number of methoxy groups -OCH3 is 2. The lowest BCUT2D eigenvalue weighted by atomic mass is 10.1. The Morgan fingerprint density at radius 2 is 1.96 bits per heavy atom. The van der Waals surface area contributed by atoms with Crippen LogP contribution in [-0.4, -0.2) is 57.5 Å². The Balaban J connectivity index is 2.11. The molecule has 1 heterocycles. The van der Waals surface area contributed by atoms with Crippen molar-refractivity contribution in [3.8, 4) is 11.5 Å². The highest BCUT2D eigenvalue weighted by Crippen LogP contribution is 2.28. The van der Waals surface area contributed by atoms with E-state index in [-0.39, 0.29) is 29.9 Å². The highest BCUT2D eigenvalue weighted by atomic mass is 32.2. The fourth-order valence-electron chi connectivity index (χ4n) is 2.93. The lowest BCUT2D eigenvalue weighted by Crippen LogP contribution is -2.41. The summed E-state index contributed by atoms with van der Waals surface area (Å²) in [6, 6.07) is 5.14. The Morgan fingerprint density at radius 3 is 2.48 bits per heavy atom. The van der Waals surface area contributed by atoms with E-state index in [2.05, 4.69) is 0 Å². The van der Waals surface area contributed by atoms with Crippen molar-refractivity contribution in [2.75, 3.05) is 32.3 Å². The minimum absolute atomic E-state index is 0.0678. The smallest absolute Gasteiger partial charge is 0.227 e. The first-order chi connectivity index (χ1) is 10.9. The summed E-state index contributed by atoms with van der Waals surface area (Å²) in [7, 11) is 0.0973. The van der Waals surface area contributed by atoms with Gasteiger partial charge in [0.1, 0.15) is 0 Å². The molecule has 1 aromatic carbocycles. The fraction of sp³-hybridized carbons (Fsp3) is 0.562. The van der Waals surface area contributed by atoms with Gasteiger partial charge in [-0.1, -0.05) is 6.07 Å². The van der Waals surface area contributed by atoms with Crippen LogP contribution in [0.25, 0.3) is 0 Å². The van der Waals surface area contributed by atoms with E-state index in [9.17, 15) is 13.2 Å². The van der Waals surface area contributed by atoms with Gasteiger partial charge in [-0.15, -0.1) is 0 Å². The molecule has 1 atom stereocenters. The average Bonchev–Trinajstić information content (AvgIpc) is 2.87. The van der Waals surface area contributed by atoms with Crippen molar-refractivity contribution in [2.24, 2.45) is 0 Å². The van der Waals surface area contributed by atoms with Crippen LogP contribution in [0, 0.1) is 0 Å². The molecule has 0 N–H and O–H groups in total. The van der Waals surface area contributed by atoms with E-state index in [4.69, 9.17) is 9.47 Å². The van der Waals surface area contributed by atoms with Crippen LogP contribution in [0.2, 0.25) is 0 Å². The standard InChI is InChI=1S/C16H23NO5S/c1-4-17(13-7-8-23(19,20)11-13)16(18)10-12-5-6-14(21-2)15(9-12)22-3/h5-6,9,13H,4,7-8,10-11H2,1-3H3. The van der Waals surface area contributed by atoms with Gasteiger partial charge in [-0.2, -0.15) is 0 Å². The number of amides is 1. The van der Waals surface area contributed by atoms with Gasteiger partial charge in [-0.3, -0.25) is 4.79 Å². The number of sulfone groups is 1. The van der Waals surface area contributed by atoms with Gasteiger partial charge in [-0.05, 0) is 31.0 Å². The van der Waals surface area contributed by atoms with E-state index in [1.54, 1.807) is 31.3 Å². The third-order valence-electron chi connectivity index (χ3n) is 4.11. The van der Waals surface area contributed by atoms with Crippen LogP contribution in [0.4, 0.5) is 0 Å². The molecule has 1 unspecified atom stereocenters. The van der Waals surface area contributed by atoms with Crippen molar-refractivity contribution in [1.29, 1.82) is 0 Å². The molecule has 1 aromatic rings. The third kappa shape index (κ3) is 4.16. The number of rotatable bonds is 6. The molecule has 0 saturated carbocycles. The van der Waals surface area contributed by atoms with E-state index < -0.39 is 9.84 Å². The zero-order valence-electron chi connectivity index (χ0n) is 13.7. The van der Waals surface area contributed by atoms with Gasteiger partial charge in [0.25, 0.3) is 0 Å². The Labute approximate surface area is 137 Å². The Morgan fingerprint density at radius 1 is 1.26 bits per heavy atom. The van der Waals surface area contributed by atoms with Gasteiger partial charge in [0.05, 0.1) is 32.1 Å². The molecule has 0 bridgehead atoms. The predicted molar refractivity (Wildman–Crippen MR) is 87.7 cm³/mol. The largest absolute Gasteiger partial charge is 0.493 e. The molecule has 1 fully saturated rings. The summed E-state index contributed by atoms with van der Waals surface area (Å²) < 4.78 is 33.7. The van der Waals surface area contributed by atoms with Crippen LogP contribution in [0.15, 0.2) is 18.2 Å². The fourth-order valence-corrected chi connectivity index (χ4v) is 4.66. The number of ether oxygens (including phenoxy) is 2. The molecule has 0 radical (unpaired) electrons. The van der Waals surface area contributed by atoms with Crippen molar-refractivity contribution >= 4 is 15.7 Å². The highest BCUT2D eigenvalue weighted by molar-refractivity contribution is 7.91. The lowest BCUT2D eigenvalue weighted by molar-refractivity contribution is -0.132. The predicted octanol–water partition coefficient (Wildman–Crippen LogP) is 1.28. The number of carbonyl (C=O) groups is 1. The van der Waals surface area contributed by atoms with Crippen LogP contribution in [-0.2, 0) is 21.1 Å². The molecule has 0 spiro atoms. The van der Waals surface area contributed by atoms with Crippen LogP contribution in [0.5, 0.6) is 11.5 Å². The minimum atomic E-state index is -3.01. The van der Waals surface area contributed by atoms with Crippen molar-refractivity contribution in [2.45, 2.75) is 25.8 Å². The second-order valence-electron chi connectivity index (χ2n) is 5.60. The highest BCUT2D eigenvalue weighted by Gasteiger charge is 2.33. The molecule has 1 saturated heterocycles. The number of nitrogens with zero attached hydrogens (tertiary/aromatic N) is 1. The molecule has 0 aromatic heterocycles. The maximum Gasteiger partial charge on any atom is 0.227 e. The Hall–Kier alpha value is -1.76. The molecule has 7 heteroatoms. The number of likely N-dealkylation sites (N-methyl/N-ethyl adjacent to an activating group) is 1. The summed E-state index contributed by atoms with van der Waals surface area (Å²) >= 11 is 0. The van der Waals surface area contributed by atoms with Crippen LogP contribution in [0.3, 0.4) is 0 Å². The molecule has 128 valence electrons. The Bertz CT molecular complexity index is 671. The number of benzene rings is 1.